The lowest BCUT2D eigenvalue weighted by Gasteiger charge is -2.15. The molecule has 0 aromatic heterocycles. The predicted octanol–water partition coefficient (Wildman–Crippen LogP) is 4.32. The Morgan fingerprint density at radius 2 is 1.81 bits per heavy atom. The van der Waals surface area contributed by atoms with Gasteiger partial charge >= 0.3 is 0 Å². The van der Waals surface area contributed by atoms with Gasteiger partial charge in [0.25, 0.3) is 0 Å². The molecule has 2 rings (SSSR count). The lowest BCUT2D eigenvalue weighted by Crippen LogP contribution is -2.18. The summed E-state index contributed by atoms with van der Waals surface area (Å²) < 4.78 is 11.7. The Bertz CT molecular complexity index is 601. The van der Waals surface area contributed by atoms with Crippen molar-refractivity contribution in [2.45, 2.75) is 19.5 Å². The van der Waals surface area contributed by atoms with Crippen LogP contribution in [0.5, 0.6) is 11.5 Å². The highest BCUT2D eigenvalue weighted by atomic mass is 79.9. The minimum Gasteiger partial charge on any atom is -0.493 e. The Morgan fingerprint density at radius 1 is 1.05 bits per heavy atom. The molecule has 112 valence electrons. The lowest BCUT2D eigenvalue weighted by atomic mass is 10.1. The number of halogens is 1. The number of nitrogens with one attached hydrogen (secondary N) is 1. The van der Waals surface area contributed by atoms with Gasteiger partial charge in [0, 0.05) is 17.1 Å². The molecule has 0 radical (unpaired) electrons. The third-order valence-electron chi connectivity index (χ3n) is 3.41. The lowest BCUT2D eigenvalue weighted by molar-refractivity contribution is 0.354. The molecule has 4 heteroatoms. The second-order valence-corrected chi connectivity index (χ2v) is 5.76. The molecule has 2 aromatic rings. The smallest absolute Gasteiger partial charge is 0.161 e. The average molecular weight is 350 g/mol. The van der Waals surface area contributed by atoms with Crippen LogP contribution in [-0.2, 0) is 6.54 Å². The third-order valence-corrected chi connectivity index (χ3v) is 3.90. The molecule has 0 unspecified atom stereocenters. The van der Waals surface area contributed by atoms with Crippen LogP contribution in [0.3, 0.4) is 0 Å². The SMILES string of the molecule is COc1ccc(CN[C@H](C)c2cccc(Br)c2)cc1OC. The second kappa shape index (κ2) is 7.48. The van der Waals surface area contributed by atoms with Crippen molar-refractivity contribution in [3.8, 4) is 11.5 Å². The fourth-order valence-electron chi connectivity index (χ4n) is 2.16. The van der Waals surface area contributed by atoms with Gasteiger partial charge < -0.3 is 14.8 Å². The first-order chi connectivity index (χ1) is 10.1. The van der Waals surface area contributed by atoms with E-state index in [1.165, 1.54) is 5.56 Å². The highest BCUT2D eigenvalue weighted by Gasteiger charge is 2.07. The molecule has 0 aliphatic rings. The molecular formula is C17H20BrNO2. The number of rotatable bonds is 6. The molecule has 1 atom stereocenters. The van der Waals surface area contributed by atoms with Crippen LogP contribution in [0.4, 0.5) is 0 Å². The number of methoxy groups -OCH3 is 2. The summed E-state index contributed by atoms with van der Waals surface area (Å²) in [6.07, 6.45) is 0. The Kier molecular flexibility index (Phi) is 5.65. The summed E-state index contributed by atoms with van der Waals surface area (Å²) >= 11 is 3.50. The molecule has 0 heterocycles. The molecule has 0 aliphatic heterocycles. The van der Waals surface area contributed by atoms with E-state index in [-0.39, 0.29) is 6.04 Å². The van der Waals surface area contributed by atoms with E-state index in [1.807, 2.05) is 30.3 Å². The first kappa shape index (κ1) is 15.9. The van der Waals surface area contributed by atoms with Gasteiger partial charge in [0.2, 0.25) is 0 Å². The van der Waals surface area contributed by atoms with E-state index in [9.17, 15) is 0 Å². The average Bonchev–Trinajstić information content (AvgIpc) is 2.52. The largest absolute Gasteiger partial charge is 0.493 e. The normalized spacial score (nSPS) is 12.0. The van der Waals surface area contributed by atoms with E-state index < -0.39 is 0 Å². The van der Waals surface area contributed by atoms with Crippen LogP contribution in [0.15, 0.2) is 46.9 Å². The van der Waals surface area contributed by atoms with Gasteiger partial charge in [-0.2, -0.15) is 0 Å². The van der Waals surface area contributed by atoms with Crippen molar-refractivity contribution < 1.29 is 9.47 Å². The van der Waals surface area contributed by atoms with E-state index in [4.69, 9.17) is 9.47 Å². The van der Waals surface area contributed by atoms with Crippen molar-refractivity contribution in [2.75, 3.05) is 14.2 Å². The summed E-state index contributed by atoms with van der Waals surface area (Å²) in [6, 6.07) is 14.6. The first-order valence-corrected chi connectivity index (χ1v) is 7.63. The van der Waals surface area contributed by atoms with Crippen molar-refractivity contribution in [1.82, 2.24) is 5.32 Å². The van der Waals surface area contributed by atoms with Gasteiger partial charge in [0.1, 0.15) is 0 Å². The third kappa shape index (κ3) is 4.22. The Balaban J connectivity index is 2.02. The predicted molar refractivity (Wildman–Crippen MR) is 88.9 cm³/mol. The molecule has 1 N–H and O–H groups in total. The van der Waals surface area contributed by atoms with Crippen LogP contribution in [0.2, 0.25) is 0 Å². The van der Waals surface area contributed by atoms with E-state index in [0.29, 0.717) is 0 Å². The van der Waals surface area contributed by atoms with Gasteiger partial charge in [0.15, 0.2) is 11.5 Å². The second-order valence-electron chi connectivity index (χ2n) is 4.85. The minimum absolute atomic E-state index is 0.274. The Labute approximate surface area is 134 Å². The van der Waals surface area contributed by atoms with Crippen LogP contribution in [0.25, 0.3) is 0 Å². The van der Waals surface area contributed by atoms with E-state index in [1.54, 1.807) is 14.2 Å². The molecule has 0 saturated carbocycles. The maximum absolute atomic E-state index is 5.33. The number of ether oxygens (including phenoxy) is 2. The molecular weight excluding hydrogens is 330 g/mol. The standard InChI is InChI=1S/C17H20BrNO2/c1-12(14-5-4-6-15(18)10-14)19-11-13-7-8-16(20-2)17(9-13)21-3/h4-10,12,19H,11H2,1-3H3/t12-/m1/s1. The fourth-order valence-corrected chi connectivity index (χ4v) is 2.57. The van der Waals surface area contributed by atoms with Gasteiger partial charge in [0.05, 0.1) is 14.2 Å². The van der Waals surface area contributed by atoms with Crippen molar-refractivity contribution in [3.63, 3.8) is 0 Å². The quantitative estimate of drug-likeness (QED) is 0.842. The highest BCUT2D eigenvalue weighted by molar-refractivity contribution is 9.10. The fraction of sp³-hybridized carbons (Fsp3) is 0.294. The maximum Gasteiger partial charge on any atom is 0.161 e. The van der Waals surface area contributed by atoms with E-state index in [0.717, 1.165) is 28.1 Å². The molecule has 0 aliphatic carbocycles. The summed E-state index contributed by atoms with van der Waals surface area (Å²) in [7, 11) is 3.30. The zero-order valence-corrected chi connectivity index (χ0v) is 14.1. The monoisotopic (exact) mass is 349 g/mol. The number of hydrogen-bond acceptors (Lipinski definition) is 3. The van der Waals surface area contributed by atoms with Crippen molar-refractivity contribution >= 4 is 15.9 Å². The zero-order chi connectivity index (χ0) is 15.2. The van der Waals surface area contributed by atoms with Crippen LogP contribution in [0.1, 0.15) is 24.1 Å². The molecule has 0 fully saturated rings. The molecule has 0 amide bonds. The molecule has 0 saturated heterocycles. The van der Waals surface area contributed by atoms with Gasteiger partial charge in [-0.05, 0) is 42.3 Å². The van der Waals surface area contributed by atoms with Gasteiger partial charge in [-0.15, -0.1) is 0 Å². The first-order valence-electron chi connectivity index (χ1n) is 6.83. The summed E-state index contributed by atoms with van der Waals surface area (Å²) in [4.78, 5) is 0. The van der Waals surface area contributed by atoms with Gasteiger partial charge in [-0.3, -0.25) is 0 Å². The van der Waals surface area contributed by atoms with Crippen LogP contribution in [-0.4, -0.2) is 14.2 Å². The van der Waals surface area contributed by atoms with Gasteiger partial charge in [-0.25, -0.2) is 0 Å². The van der Waals surface area contributed by atoms with Crippen molar-refractivity contribution in [2.24, 2.45) is 0 Å². The molecule has 21 heavy (non-hydrogen) atoms. The van der Waals surface area contributed by atoms with Crippen molar-refractivity contribution in [3.05, 3.63) is 58.1 Å². The molecule has 2 aromatic carbocycles. The highest BCUT2D eigenvalue weighted by Crippen LogP contribution is 2.27. The topological polar surface area (TPSA) is 30.5 Å². The van der Waals surface area contributed by atoms with Crippen molar-refractivity contribution in [1.29, 1.82) is 0 Å². The van der Waals surface area contributed by atoms with E-state index >= 15 is 0 Å². The molecule has 0 bridgehead atoms. The molecule has 0 spiro atoms. The number of benzene rings is 2. The van der Waals surface area contributed by atoms with Crippen LogP contribution < -0.4 is 14.8 Å². The van der Waals surface area contributed by atoms with Crippen LogP contribution >= 0.6 is 15.9 Å². The number of hydrogen-bond donors (Lipinski definition) is 1. The van der Waals surface area contributed by atoms with E-state index in [2.05, 4.69) is 40.3 Å². The van der Waals surface area contributed by atoms with Crippen LogP contribution in [0, 0.1) is 0 Å². The Hall–Kier alpha value is -1.52. The Morgan fingerprint density at radius 3 is 2.48 bits per heavy atom. The summed E-state index contributed by atoms with van der Waals surface area (Å²) in [6.45, 7) is 2.93. The minimum atomic E-state index is 0.274. The zero-order valence-electron chi connectivity index (χ0n) is 12.5. The summed E-state index contributed by atoms with van der Waals surface area (Å²) in [5.41, 5.74) is 2.42. The molecule has 3 nitrogen and oxygen atoms in total. The van der Waals surface area contributed by atoms with Gasteiger partial charge in [-0.1, -0.05) is 34.1 Å². The summed E-state index contributed by atoms with van der Waals surface area (Å²) in [5.74, 6) is 1.51. The summed E-state index contributed by atoms with van der Waals surface area (Å²) in [5, 5.41) is 3.51. The maximum atomic E-state index is 5.33.